The first-order valence-corrected chi connectivity index (χ1v) is 11.2. The molecule has 0 fully saturated rings. The Kier molecular flexibility index (Phi) is 7.70. The lowest BCUT2D eigenvalue weighted by atomic mass is 9.86. The molecule has 1 atom stereocenters. The van der Waals surface area contributed by atoms with E-state index in [1.165, 1.54) is 4.68 Å². The first-order chi connectivity index (χ1) is 17.2. The van der Waals surface area contributed by atoms with Crippen molar-refractivity contribution in [2.24, 2.45) is 11.1 Å². The lowest BCUT2D eigenvalue weighted by Gasteiger charge is -2.30. The molecule has 0 saturated carbocycles. The summed E-state index contributed by atoms with van der Waals surface area (Å²) < 4.78 is 39.8. The zero-order valence-corrected chi connectivity index (χ0v) is 20.3. The number of hydrogen-bond donors (Lipinski definition) is 3. The van der Waals surface area contributed by atoms with Gasteiger partial charge in [0.05, 0.1) is 17.6 Å². The van der Waals surface area contributed by atoms with Gasteiger partial charge in [-0.25, -0.2) is 0 Å². The number of halogens is 3. The molecule has 1 aromatic heterocycles. The highest BCUT2D eigenvalue weighted by molar-refractivity contribution is 6.07. The molecule has 2 aromatic carbocycles. The number of para-hydroxylation sites is 1. The van der Waals surface area contributed by atoms with Crippen molar-refractivity contribution in [2.75, 3.05) is 6.54 Å². The second kappa shape index (κ2) is 10.4. The molecule has 12 heteroatoms. The van der Waals surface area contributed by atoms with Gasteiger partial charge in [-0.15, -0.1) is 0 Å². The maximum absolute atomic E-state index is 13.2. The summed E-state index contributed by atoms with van der Waals surface area (Å²) in [5.74, 6) is -2.55. The molecule has 3 aromatic rings. The number of hydrogen-bond acceptors (Lipinski definition) is 5. The quantitative estimate of drug-likeness (QED) is 0.395. The number of rotatable bonds is 8. The number of primary amides is 1. The number of Topliss-reactive ketones (excluding diaryl/α,β-unsaturated/α-hetero) is 1. The molecule has 0 spiro atoms. The third-order valence-corrected chi connectivity index (χ3v) is 5.54. The Labute approximate surface area is 210 Å². The van der Waals surface area contributed by atoms with Gasteiger partial charge in [0.2, 0.25) is 11.8 Å². The first kappa shape index (κ1) is 27.4. The summed E-state index contributed by atoms with van der Waals surface area (Å²) in [5, 5.41) is 9.70. The van der Waals surface area contributed by atoms with Gasteiger partial charge in [-0.1, -0.05) is 51.1 Å². The van der Waals surface area contributed by atoms with Gasteiger partial charge in [0.1, 0.15) is 12.6 Å². The van der Waals surface area contributed by atoms with Crippen LogP contribution in [0.2, 0.25) is 0 Å². The summed E-state index contributed by atoms with van der Waals surface area (Å²) >= 11 is 0. The Bertz CT molecular complexity index is 1340. The summed E-state index contributed by atoms with van der Waals surface area (Å²) in [5.41, 5.74) is 3.92. The predicted molar refractivity (Wildman–Crippen MR) is 128 cm³/mol. The van der Waals surface area contributed by atoms with Crippen LogP contribution in [0.5, 0.6) is 0 Å². The number of carbonyl (C=O) groups is 4. The van der Waals surface area contributed by atoms with E-state index in [9.17, 15) is 32.3 Å². The maximum Gasteiger partial charge on any atom is 0.416 e. The molecule has 0 aliphatic rings. The highest BCUT2D eigenvalue weighted by Crippen LogP contribution is 2.29. The van der Waals surface area contributed by atoms with Gasteiger partial charge >= 0.3 is 6.18 Å². The summed E-state index contributed by atoms with van der Waals surface area (Å²) in [7, 11) is 0. The number of nitrogens with one attached hydrogen (secondary N) is 2. The van der Waals surface area contributed by atoms with Gasteiger partial charge in [-0.3, -0.25) is 23.9 Å². The number of alkyl halides is 3. The minimum Gasteiger partial charge on any atom is -0.368 e. The van der Waals surface area contributed by atoms with E-state index >= 15 is 0 Å². The van der Waals surface area contributed by atoms with Crippen LogP contribution in [0.1, 0.15) is 47.2 Å². The minimum absolute atomic E-state index is 0.0484. The number of benzene rings is 2. The smallest absolute Gasteiger partial charge is 0.368 e. The van der Waals surface area contributed by atoms with Crippen LogP contribution in [-0.4, -0.2) is 45.9 Å². The van der Waals surface area contributed by atoms with Crippen molar-refractivity contribution >= 4 is 34.4 Å². The highest BCUT2D eigenvalue weighted by atomic mass is 19.4. The van der Waals surface area contributed by atoms with Crippen LogP contribution in [0, 0.1) is 5.41 Å². The molecule has 0 aliphatic heterocycles. The molecule has 0 unspecified atom stereocenters. The standard InChI is InChI=1S/C25H26F3N5O4/c1-24(2,3)21(23(37)30-12-19(29)35)31-22(36)20-16-6-4-5-7-17(16)33(32-20)13-18(34)14-8-10-15(11-9-14)25(26,27)28/h4-11,21H,12-13H2,1-3H3,(H2,29,35)(H,30,37)(H,31,36)/t21-/m1/s1. The molecule has 0 aliphatic carbocycles. The van der Waals surface area contributed by atoms with Gasteiger partial charge in [-0.05, 0) is 23.6 Å². The molecular weight excluding hydrogens is 491 g/mol. The Balaban J connectivity index is 1.88. The summed E-state index contributed by atoms with van der Waals surface area (Å²) in [4.78, 5) is 49.7. The van der Waals surface area contributed by atoms with Crippen LogP contribution < -0.4 is 16.4 Å². The Morgan fingerprint density at radius 2 is 1.62 bits per heavy atom. The molecule has 1 heterocycles. The zero-order valence-electron chi connectivity index (χ0n) is 20.3. The number of aromatic nitrogens is 2. The van der Waals surface area contributed by atoms with Gasteiger partial charge < -0.3 is 16.4 Å². The summed E-state index contributed by atoms with van der Waals surface area (Å²) in [6.07, 6.45) is -4.52. The van der Waals surface area contributed by atoms with Crippen molar-refractivity contribution in [3.05, 3.63) is 65.4 Å². The van der Waals surface area contributed by atoms with Crippen molar-refractivity contribution < 1.29 is 32.3 Å². The number of ketones is 1. The number of nitrogens with zero attached hydrogens (tertiary/aromatic N) is 2. The minimum atomic E-state index is -4.52. The molecule has 37 heavy (non-hydrogen) atoms. The van der Waals surface area contributed by atoms with Crippen LogP contribution >= 0.6 is 0 Å². The van der Waals surface area contributed by atoms with Crippen molar-refractivity contribution in [1.82, 2.24) is 20.4 Å². The monoisotopic (exact) mass is 517 g/mol. The van der Waals surface area contributed by atoms with E-state index in [1.54, 1.807) is 45.0 Å². The maximum atomic E-state index is 13.2. The Morgan fingerprint density at radius 1 is 1.00 bits per heavy atom. The van der Waals surface area contributed by atoms with E-state index in [0.717, 1.165) is 24.3 Å². The van der Waals surface area contributed by atoms with Crippen molar-refractivity contribution in [2.45, 2.75) is 39.5 Å². The fraction of sp³-hybridized carbons (Fsp3) is 0.320. The Morgan fingerprint density at radius 3 is 2.19 bits per heavy atom. The number of carbonyl (C=O) groups excluding carboxylic acids is 4. The van der Waals surface area contributed by atoms with Crippen LogP contribution in [0.4, 0.5) is 13.2 Å². The van der Waals surface area contributed by atoms with E-state index in [-0.39, 0.29) is 17.8 Å². The fourth-order valence-electron chi connectivity index (χ4n) is 3.64. The summed E-state index contributed by atoms with van der Waals surface area (Å²) in [6, 6.07) is 9.38. The van der Waals surface area contributed by atoms with Crippen LogP contribution in [0.3, 0.4) is 0 Å². The second-order valence-corrected chi connectivity index (χ2v) is 9.48. The van der Waals surface area contributed by atoms with Gasteiger partial charge in [0, 0.05) is 10.9 Å². The molecule has 196 valence electrons. The average Bonchev–Trinajstić information content (AvgIpc) is 3.18. The van der Waals surface area contributed by atoms with E-state index in [0.29, 0.717) is 10.9 Å². The number of nitrogens with two attached hydrogens (primary N) is 1. The largest absolute Gasteiger partial charge is 0.416 e. The van der Waals surface area contributed by atoms with Crippen LogP contribution in [0.15, 0.2) is 48.5 Å². The highest BCUT2D eigenvalue weighted by Gasteiger charge is 2.34. The first-order valence-electron chi connectivity index (χ1n) is 11.2. The third-order valence-electron chi connectivity index (χ3n) is 5.54. The molecule has 0 bridgehead atoms. The van der Waals surface area contributed by atoms with E-state index < -0.39 is 53.2 Å². The van der Waals surface area contributed by atoms with Crippen LogP contribution in [-0.2, 0) is 22.3 Å². The zero-order chi connectivity index (χ0) is 27.5. The lowest BCUT2D eigenvalue weighted by molar-refractivity contribution is -0.137. The molecule has 9 nitrogen and oxygen atoms in total. The SMILES string of the molecule is CC(C)(C)[C@H](NC(=O)c1nn(CC(=O)c2ccc(C(F)(F)F)cc2)c2ccccc12)C(=O)NCC(N)=O. The molecule has 0 radical (unpaired) electrons. The average molecular weight is 518 g/mol. The topological polar surface area (TPSA) is 136 Å². The molecular formula is C25H26F3N5O4. The molecule has 0 saturated heterocycles. The van der Waals surface area contributed by atoms with Gasteiger partial charge in [-0.2, -0.15) is 18.3 Å². The van der Waals surface area contributed by atoms with E-state index in [2.05, 4.69) is 15.7 Å². The molecule has 4 N–H and O–H groups in total. The van der Waals surface area contributed by atoms with Crippen molar-refractivity contribution in [3.63, 3.8) is 0 Å². The Hall–Kier alpha value is -4.22. The molecule has 3 rings (SSSR count). The van der Waals surface area contributed by atoms with Crippen molar-refractivity contribution in [1.29, 1.82) is 0 Å². The van der Waals surface area contributed by atoms with Gasteiger partial charge in [0.25, 0.3) is 5.91 Å². The van der Waals surface area contributed by atoms with Crippen molar-refractivity contribution in [3.8, 4) is 0 Å². The fourth-order valence-corrected chi connectivity index (χ4v) is 3.64. The van der Waals surface area contributed by atoms with Gasteiger partial charge in [0.15, 0.2) is 11.5 Å². The second-order valence-electron chi connectivity index (χ2n) is 9.48. The third kappa shape index (κ3) is 6.51. The number of amides is 3. The van der Waals surface area contributed by atoms with E-state index in [1.807, 2.05) is 0 Å². The van der Waals surface area contributed by atoms with E-state index in [4.69, 9.17) is 5.73 Å². The normalized spacial score (nSPS) is 12.7. The number of fused-ring (bicyclic) bond motifs is 1. The summed E-state index contributed by atoms with van der Waals surface area (Å²) in [6.45, 7) is 4.44. The molecule has 3 amide bonds. The predicted octanol–water partition coefficient (Wildman–Crippen LogP) is 2.68. The lowest BCUT2D eigenvalue weighted by Crippen LogP contribution is -2.54. The van der Waals surface area contributed by atoms with Crippen LogP contribution in [0.25, 0.3) is 10.9 Å².